The first-order chi connectivity index (χ1) is 17.0. The average Bonchev–Trinajstić information content (AvgIpc) is 3.19. The lowest BCUT2D eigenvalue weighted by molar-refractivity contribution is 0.313. The Morgan fingerprint density at radius 1 is 1.14 bits per heavy atom. The van der Waals surface area contributed by atoms with Crippen LogP contribution in [0.1, 0.15) is 11.0 Å². The molecule has 148 valence electrons. The zero-order chi connectivity index (χ0) is 27.3. The number of H-pyrrole nitrogens is 2. The lowest BCUT2D eigenvalue weighted by atomic mass is 10.1. The minimum atomic E-state index is -3.01. The largest absolute Gasteiger partial charge is 0.397 e. The summed E-state index contributed by atoms with van der Waals surface area (Å²) >= 11 is 0. The van der Waals surface area contributed by atoms with E-state index in [4.69, 9.17) is 16.7 Å². The molecule has 2 aromatic carbocycles. The van der Waals surface area contributed by atoms with Crippen LogP contribution in [0, 0.1) is 5.82 Å². The van der Waals surface area contributed by atoms with Crippen LogP contribution in [-0.4, -0.2) is 52.9 Å². The Bertz CT molecular complexity index is 1610. The summed E-state index contributed by atoms with van der Waals surface area (Å²) < 4.78 is 81.1. The number of benzene rings is 2. The first-order valence-corrected chi connectivity index (χ1v) is 8.68. The fraction of sp³-hybridized carbons (Fsp3) is 0.238. The molecule has 3 heterocycles. The summed E-state index contributed by atoms with van der Waals surface area (Å²) in [5, 5.41) is 0.00142. The lowest BCUT2D eigenvalue weighted by Gasteiger charge is -2.34. The van der Waals surface area contributed by atoms with Crippen LogP contribution < -0.4 is 16.2 Å². The van der Waals surface area contributed by atoms with Gasteiger partial charge in [0.2, 0.25) is 0 Å². The number of piperazine rings is 1. The smallest absolute Gasteiger partial charge is 0.261 e. The molecular formula is C21H21FN6O. The molecule has 0 spiro atoms. The van der Waals surface area contributed by atoms with Crippen LogP contribution in [0.4, 0.5) is 15.8 Å². The number of fused-ring (bicyclic) bond motifs is 2. The minimum absolute atomic E-state index is 0.00142. The van der Waals surface area contributed by atoms with E-state index in [2.05, 4.69) is 15.0 Å². The molecule has 4 aromatic rings. The Kier molecular flexibility index (Phi) is 2.49. The Balaban J connectivity index is 1.69. The number of hydrogen-bond donors (Lipinski definition) is 3. The van der Waals surface area contributed by atoms with E-state index in [0.29, 0.717) is 9.80 Å². The standard InChI is InChI=1S/C21H21FN6O/c1-27-7-9-28(10-8-27)12-5-6-14-16(11-12)25-20(24-14)18-19(23)17-13(22)3-2-4-15(17)26-21(18)29/h2-6,11H,7-10H2,1H3,(H,24,25)(H3,23,26,29)/i7D2,8D2,9D2,10D2. The number of hydrogen-bond acceptors (Lipinski definition) is 5. The normalized spacial score (nSPS) is 26.5. The van der Waals surface area contributed by atoms with Crippen LogP contribution >= 0.6 is 0 Å². The highest BCUT2D eigenvalue weighted by molar-refractivity contribution is 5.98. The quantitative estimate of drug-likeness (QED) is 0.481. The molecule has 4 N–H and O–H groups in total. The Morgan fingerprint density at radius 2 is 1.93 bits per heavy atom. The summed E-state index contributed by atoms with van der Waals surface area (Å²) in [6.45, 7) is -11.9. The second kappa shape index (κ2) is 6.59. The van der Waals surface area contributed by atoms with Crippen molar-refractivity contribution < 1.29 is 15.4 Å². The summed E-state index contributed by atoms with van der Waals surface area (Å²) in [5.41, 5.74) is 5.73. The van der Waals surface area contributed by atoms with Gasteiger partial charge in [-0.15, -0.1) is 0 Å². The Labute approximate surface area is 177 Å². The number of nitrogens with one attached hydrogen (secondary N) is 2. The van der Waals surface area contributed by atoms with Crippen LogP contribution in [0.3, 0.4) is 0 Å². The van der Waals surface area contributed by atoms with Gasteiger partial charge in [-0.1, -0.05) is 6.07 Å². The van der Waals surface area contributed by atoms with E-state index in [1.807, 2.05) is 0 Å². The van der Waals surface area contributed by atoms with Crippen LogP contribution in [-0.2, 0) is 0 Å². The van der Waals surface area contributed by atoms with Crippen molar-refractivity contribution in [2.45, 2.75) is 0 Å². The van der Waals surface area contributed by atoms with Crippen molar-refractivity contribution in [1.29, 1.82) is 0 Å². The molecule has 0 unspecified atom stereocenters. The van der Waals surface area contributed by atoms with Gasteiger partial charge in [0, 0.05) is 37.2 Å². The number of aromatic nitrogens is 3. The van der Waals surface area contributed by atoms with E-state index in [-0.39, 0.29) is 44.7 Å². The maximum Gasteiger partial charge on any atom is 0.261 e. The number of rotatable bonds is 2. The molecule has 5 rings (SSSR count). The topological polar surface area (TPSA) is 94.0 Å². The number of halogens is 1. The molecule has 1 saturated heterocycles. The Hall–Kier alpha value is -3.39. The van der Waals surface area contributed by atoms with E-state index >= 15 is 0 Å². The molecule has 1 fully saturated rings. The van der Waals surface area contributed by atoms with Gasteiger partial charge in [0.1, 0.15) is 17.2 Å². The second-order valence-electron chi connectivity index (χ2n) is 6.53. The number of pyridine rings is 1. The van der Waals surface area contributed by atoms with Crippen molar-refractivity contribution >= 4 is 33.3 Å². The van der Waals surface area contributed by atoms with Gasteiger partial charge in [0.05, 0.1) is 33.1 Å². The van der Waals surface area contributed by atoms with Crippen LogP contribution in [0.2, 0.25) is 0 Å². The zero-order valence-corrected chi connectivity index (χ0v) is 15.2. The van der Waals surface area contributed by atoms with Crippen molar-refractivity contribution in [2.24, 2.45) is 0 Å². The van der Waals surface area contributed by atoms with Gasteiger partial charge in [-0.3, -0.25) is 4.79 Å². The predicted molar refractivity (Wildman–Crippen MR) is 114 cm³/mol. The van der Waals surface area contributed by atoms with E-state index in [9.17, 15) is 9.18 Å². The lowest BCUT2D eigenvalue weighted by Crippen LogP contribution is -2.44. The van der Waals surface area contributed by atoms with Crippen molar-refractivity contribution in [3.05, 3.63) is 52.6 Å². The molecule has 1 aliphatic rings. The van der Waals surface area contributed by atoms with Gasteiger partial charge in [-0.05, 0) is 37.4 Å². The molecule has 0 saturated carbocycles. The molecule has 8 heteroatoms. The van der Waals surface area contributed by atoms with Crippen LogP contribution in [0.25, 0.3) is 33.3 Å². The van der Waals surface area contributed by atoms with Gasteiger partial charge >= 0.3 is 0 Å². The van der Waals surface area contributed by atoms with Crippen molar-refractivity contribution in [3.8, 4) is 11.4 Å². The van der Waals surface area contributed by atoms with Crippen molar-refractivity contribution in [2.75, 3.05) is 43.7 Å². The third-order valence-corrected chi connectivity index (χ3v) is 4.65. The monoisotopic (exact) mass is 400 g/mol. The summed E-state index contributed by atoms with van der Waals surface area (Å²) in [7, 11) is 0.978. The van der Waals surface area contributed by atoms with Crippen LogP contribution in [0.5, 0.6) is 0 Å². The SMILES string of the molecule is [2H]C1([2H])N(C)C([2H])([2H])C([2H])([2H])N(c2ccc3nc(-c4c(N)c5c(F)cccc5[nH]c4=O)[nH]c3c2)C1([2H])[2H]. The Morgan fingerprint density at radius 3 is 2.72 bits per heavy atom. The number of nitrogens with zero attached hydrogens (tertiary/aromatic N) is 3. The summed E-state index contributed by atoms with van der Waals surface area (Å²) in [5.74, 6) is -0.667. The van der Waals surface area contributed by atoms with Crippen molar-refractivity contribution in [3.63, 3.8) is 0 Å². The number of nitrogen functional groups attached to an aromatic ring is 1. The second-order valence-corrected chi connectivity index (χ2v) is 6.53. The number of anilines is 2. The third kappa shape index (κ3) is 2.92. The molecule has 0 bridgehead atoms. The molecule has 0 amide bonds. The molecule has 2 aromatic heterocycles. The molecule has 1 aliphatic heterocycles. The van der Waals surface area contributed by atoms with E-state index < -0.39 is 37.4 Å². The highest BCUT2D eigenvalue weighted by Gasteiger charge is 2.19. The van der Waals surface area contributed by atoms with Gasteiger partial charge in [-0.2, -0.15) is 0 Å². The summed E-state index contributed by atoms with van der Waals surface area (Å²) in [6.07, 6.45) is 0. The predicted octanol–water partition coefficient (Wildman–Crippen LogP) is 2.54. The molecule has 0 atom stereocenters. The summed E-state index contributed by atoms with van der Waals surface area (Å²) in [4.78, 5) is 23.4. The molecule has 0 aliphatic carbocycles. The van der Waals surface area contributed by atoms with E-state index in [1.54, 1.807) is 0 Å². The van der Waals surface area contributed by atoms with Gasteiger partial charge < -0.3 is 25.5 Å². The first-order valence-electron chi connectivity index (χ1n) is 12.7. The molecule has 29 heavy (non-hydrogen) atoms. The summed E-state index contributed by atoms with van der Waals surface area (Å²) in [6, 6.07) is 8.04. The van der Waals surface area contributed by atoms with E-state index in [1.165, 1.54) is 36.4 Å². The number of nitrogens with two attached hydrogens (primary N) is 1. The average molecular weight is 400 g/mol. The van der Waals surface area contributed by atoms with E-state index in [0.717, 1.165) is 7.05 Å². The number of imidazole rings is 1. The highest BCUT2D eigenvalue weighted by atomic mass is 19.1. The van der Waals surface area contributed by atoms with Gasteiger partial charge in [0.15, 0.2) is 0 Å². The number of likely N-dealkylation sites (N-methyl/N-ethyl adjacent to an activating group) is 1. The maximum atomic E-state index is 14.5. The third-order valence-electron chi connectivity index (χ3n) is 4.65. The highest BCUT2D eigenvalue weighted by Crippen LogP contribution is 2.30. The molecular weight excluding hydrogens is 371 g/mol. The van der Waals surface area contributed by atoms with Gasteiger partial charge in [-0.25, -0.2) is 9.37 Å². The van der Waals surface area contributed by atoms with Gasteiger partial charge in [0.25, 0.3) is 5.56 Å². The molecule has 0 radical (unpaired) electrons. The zero-order valence-electron chi connectivity index (χ0n) is 23.2. The molecule has 7 nitrogen and oxygen atoms in total. The maximum absolute atomic E-state index is 14.5. The van der Waals surface area contributed by atoms with Crippen molar-refractivity contribution in [1.82, 2.24) is 19.9 Å². The van der Waals surface area contributed by atoms with Crippen LogP contribution in [0.15, 0.2) is 41.2 Å². The first kappa shape index (κ1) is 11.0. The minimum Gasteiger partial charge on any atom is -0.397 e. The fourth-order valence-corrected chi connectivity index (χ4v) is 3.26. The number of aromatic amines is 2. The fourth-order valence-electron chi connectivity index (χ4n) is 3.26.